The Kier molecular flexibility index (Phi) is 4.35. The quantitative estimate of drug-likeness (QED) is 0.852. The minimum atomic E-state index is -0.603. The highest BCUT2D eigenvalue weighted by Crippen LogP contribution is 2.41. The summed E-state index contributed by atoms with van der Waals surface area (Å²) in [4.78, 5) is 12.3. The first-order valence-electron chi connectivity index (χ1n) is 6.74. The molecule has 0 amide bonds. The van der Waals surface area contributed by atoms with Crippen molar-refractivity contribution < 1.29 is 9.53 Å². The second-order valence-electron chi connectivity index (χ2n) is 5.10. The lowest BCUT2D eigenvalue weighted by Gasteiger charge is -2.34. The van der Waals surface area contributed by atoms with Gasteiger partial charge in [-0.25, -0.2) is 4.79 Å². The van der Waals surface area contributed by atoms with Crippen molar-refractivity contribution in [3.8, 4) is 0 Å². The molecule has 2 unspecified atom stereocenters. The van der Waals surface area contributed by atoms with Crippen molar-refractivity contribution in [1.29, 1.82) is 0 Å². The smallest absolute Gasteiger partial charge is 0.331 e. The molecule has 0 bridgehead atoms. The molecule has 3 nitrogen and oxygen atoms in total. The molecule has 0 heterocycles. The van der Waals surface area contributed by atoms with Crippen LogP contribution in [0.5, 0.6) is 0 Å². The number of hydrogen-bond donors (Lipinski definition) is 1. The first-order chi connectivity index (χ1) is 9.12. The van der Waals surface area contributed by atoms with Crippen LogP contribution in [0.1, 0.15) is 32.6 Å². The molecule has 0 radical (unpaired) electrons. The van der Waals surface area contributed by atoms with Crippen LogP contribution < -0.4 is 5.32 Å². The van der Waals surface area contributed by atoms with Gasteiger partial charge in [0, 0.05) is 10.7 Å². The number of anilines is 1. The summed E-state index contributed by atoms with van der Waals surface area (Å²) in [5.41, 5.74) is 0.270. The molecule has 104 valence electrons. The molecule has 0 aromatic heterocycles. The fourth-order valence-corrected chi connectivity index (χ4v) is 3.31. The zero-order valence-corrected chi connectivity index (χ0v) is 12.2. The molecule has 0 saturated heterocycles. The van der Waals surface area contributed by atoms with E-state index in [4.69, 9.17) is 16.3 Å². The van der Waals surface area contributed by atoms with Gasteiger partial charge in [-0.15, -0.1) is 0 Å². The van der Waals surface area contributed by atoms with Crippen molar-refractivity contribution in [3.63, 3.8) is 0 Å². The highest BCUT2D eigenvalue weighted by Gasteiger charge is 2.49. The normalized spacial score (nSPS) is 26.2. The van der Waals surface area contributed by atoms with Gasteiger partial charge < -0.3 is 10.1 Å². The van der Waals surface area contributed by atoms with E-state index in [2.05, 4.69) is 12.2 Å². The lowest BCUT2D eigenvalue weighted by atomic mass is 9.84. The van der Waals surface area contributed by atoms with E-state index in [0.717, 1.165) is 31.4 Å². The van der Waals surface area contributed by atoms with Crippen LogP contribution >= 0.6 is 11.6 Å². The number of ether oxygens (including phenoxy) is 1. The second-order valence-corrected chi connectivity index (χ2v) is 5.53. The van der Waals surface area contributed by atoms with Gasteiger partial charge in [0.2, 0.25) is 0 Å². The minimum Gasteiger partial charge on any atom is -0.467 e. The van der Waals surface area contributed by atoms with Gasteiger partial charge in [0.1, 0.15) is 5.54 Å². The zero-order valence-electron chi connectivity index (χ0n) is 11.4. The molecule has 2 rings (SSSR count). The third-order valence-electron chi connectivity index (χ3n) is 4.06. The SMILES string of the molecule is CCC1CCCC1(Nc1cccc(Cl)c1)C(=O)OC. The predicted molar refractivity (Wildman–Crippen MR) is 77.5 cm³/mol. The van der Waals surface area contributed by atoms with Gasteiger partial charge in [-0.05, 0) is 37.0 Å². The van der Waals surface area contributed by atoms with Crippen molar-refractivity contribution in [1.82, 2.24) is 0 Å². The van der Waals surface area contributed by atoms with Gasteiger partial charge in [0.25, 0.3) is 0 Å². The minimum absolute atomic E-state index is 0.170. The van der Waals surface area contributed by atoms with Crippen LogP contribution in [0.2, 0.25) is 5.02 Å². The molecule has 1 N–H and O–H groups in total. The Bertz CT molecular complexity index is 463. The van der Waals surface area contributed by atoms with Gasteiger partial charge in [0.15, 0.2) is 0 Å². The standard InChI is InChI=1S/C15H20ClNO2/c1-3-11-6-5-9-15(11,14(18)19-2)17-13-8-4-7-12(16)10-13/h4,7-8,10-11,17H,3,5-6,9H2,1-2H3. The van der Waals surface area contributed by atoms with Crippen molar-refractivity contribution in [2.24, 2.45) is 5.92 Å². The number of nitrogens with one attached hydrogen (secondary N) is 1. The van der Waals surface area contributed by atoms with E-state index in [1.165, 1.54) is 7.11 Å². The molecule has 1 saturated carbocycles. The van der Waals surface area contributed by atoms with E-state index in [9.17, 15) is 4.79 Å². The molecule has 1 aliphatic carbocycles. The lowest BCUT2D eigenvalue weighted by Crippen LogP contribution is -2.50. The van der Waals surface area contributed by atoms with Crippen molar-refractivity contribution >= 4 is 23.3 Å². The Morgan fingerprint density at radius 1 is 1.58 bits per heavy atom. The Hall–Kier alpha value is -1.22. The number of rotatable bonds is 4. The van der Waals surface area contributed by atoms with Crippen LogP contribution in [-0.4, -0.2) is 18.6 Å². The molecule has 2 atom stereocenters. The van der Waals surface area contributed by atoms with Crippen molar-refractivity contribution in [3.05, 3.63) is 29.3 Å². The summed E-state index contributed by atoms with van der Waals surface area (Å²) in [6.45, 7) is 2.12. The number of halogens is 1. The molecule has 1 aromatic rings. The summed E-state index contributed by atoms with van der Waals surface area (Å²) >= 11 is 6.00. The molecule has 1 aliphatic rings. The number of carbonyl (C=O) groups excluding carboxylic acids is 1. The Morgan fingerprint density at radius 3 is 3.00 bits per heavy atom. The van der Waals surface area contributed by atoms with E-state index in [1.807, 2.05) is 24.3 Å². The summed E-state index contributed by atoms with van der Waals surface area (Å²) in [7, 11) is 1.45. The fraction of sp³-hybridized carbons (Fsp3) is 0.533. The van der Waals surface area contributed by atoms with Crippen molar-refractivity contribution in [2.75, 3.05) is 12.4 Å². The van der Waals surface area contributed by atoms with Gasteiger partial charge in [-0.1, -0.05) is 37.4 Å². The monoisotopic (exact) mass is 281 g/mol. The first-order valence-corrected chi connectivity index (χ1v) is 7.12. The summed E-state index contributed by atoms with van der Waals surface area (Å²) in [6, 6.07) is 7.48. The number of esters is 1. The third-order valence-corrected chi connectivity index (χ3v) is 4.29. The number of hydrogen-bond acceptors (Lipinski definition) is 3. The number of carbonyl (C=O) groups is 1. The molecule has 0 aliphatic heterocycles. The summed E-state index contributed by atoms with van der Waals surface area (Å²) in [5, 5.41) is 4.05. The Morgan fingerprint density at radius 2 is 2.37 bits per heavy atom. The van der Waals surface area contributed by atoms with Crippen molar-refractivity contribution in [2.45, 2.75) is 38.1 Å². The van der Waals surface area contributed by atoms with E-state index in [-0.39, 0.29) is 5.97 Å². The maximum atomic E-state index is 12.3. The molecular weight excluding hydrogens is 262 g/mol. The summed E-state index contributed by atoms with van der Waals surface area (Å²) < 4.78 is 5.04. The molecule has 0 spiro atoms. The average molecular weight is 282 g/mol. The molecule has 1 fully saturated rings. The van der Waals surface area contributed by atoms with Crippen LogP contribution in [-0.2, 0) is 9.53 Å². The topological polar surface area (TPSA) is 38.3 Å². The van der Waals surface area contributed by atoms with Gasteiger partial charge in [-0.2, -0.15) is 0 Å². The predicted octanol–water partition coefficient (Wildman–Crippen LogP) is 3.87. The van der Waals surface area contributed by atoms with E-state index < -0.39 is 5.54 Å². The van der Waals surface area contributed by atoms with Crippen LogP contribution in [0, 0.1) is 5.92 Å². The van der Waals surface area contributed by atoms with E-state index in [1.54, 1.807) is 0 Å². The Balaban J connectivity index is 2.31. The van der Waals surface area contributed by atoms with Gasteiger partial charge in [0.05, 0.1) is 7.11 Å². The fourth-order valence-electron chi connectivity index (χ4n) is 3.12. The summed E-state index contributed by atoms with van der Waals surface area (Å²) in [5.74, 6) is 0.135. The first kappa shape index (κ1) is 14.2. The van der Waals surface area contributed by atoms with Crippen LogP contribution in [0.15, 0.2) is 24.3 Å². The van der Waals surface area contributed by atoms with Gasteiger partial charge in [-0.3, -0.25) is 0 Å². The van der Waals surface area contributed by atoms with Crippen LogP contribution in [0.25, 0.3) is 0 Å². The molecule has 19 heavy (non-hydrogen) atoms. The highest BCUT2D eigenvalue weighted by molar-refractivity contribution is 6.30. The average Bonchev–Trinajstić information content (AvgIpc) is 2.81. The van der Waals surface area contributed by atoms with E-state index in [0.29, 0.717) is 10.9 Å². The summed E-state index contributed by atoms with van der Waals surface area (Å²) in [6.07, 6.45) is 3.87. The van der Waals surface area contributed by atoms with E-state index >= 15 is 0 Å². The van der Waals surface area contributed by atoms with Gasteiger partial charge >= 0.3 is 5.97 Å². The maximum Gasteiger partial charge on any atom is 0.331 e. The zero-order chi connectivity index (χ0) is 13.9. The number of benzene rings is 1. The molecule has 1 aromatic carbocycles. The number of methoxy groups -OCH3 is 1. The maximum absolute atomic E-state index is 12.3. The lowest BCUT2D eigenvalue weighted by molar-refractivity contribution is -0.147. The molecular formula is C15H20ClNO2. The van der Waals surface area contributed by atoms with Crippen LogP contribution in [0.3, 0.4) is 0 Å². The second kappa shape index (κ2) is 5.83. The third kappa shape index (κ3) is 2.71. The Labute approximate surface area is 119 Å². The highest BCUT2D eigenvalue weighted by atomic mass is 35.5. The van der Waals surface area contributed by atoms with Crippen LogP contribution in [0.4, 0.5) is 5.69 Å². The largest absolute Gasteiger partial charge is 0.467 e. The molecule has 4 heteroatoms.